The SMILES string of the molecule is COc1cc2nc(c1)CN[C@@H]1CCCC[C@H]1NCCN[C@@H]1CCCC[C@H]1NC2. The van der Waals surface area contributed by atoms with E-state index in [9.17, 15) is 0 Å². The summed E-state index contributed by atoms with van der Waals surface area (Å²) in [5.74, 6) is 0.907. The number of nitrogens with zero attached hydrogens (tertiary/aromatic N) is 1. The molecule has 0 amide bonds. The summed E-state index contributed by atoms with van der Waals surface area (Å²) in [6.45, 7) is 3.70. The average molecular weight is 388 g/mol. The molecule has 2 saturated carbocycles. The normalized spacial score (nSPS) is 32.3. The second-order valence-electron chi connectivity index (χ2n) is 8.65. The molecule has 156 valence electrons. The summed E-state index contributed by atoms with van der Waals surface area (Å²) in [7, 11) is 1.74. The van der Waals surface area contributed by atoms with Crippen molar-refractivity contribution in [1.29, 1.82) is 0 Å². The summed E-state index contributed by atoms with van der Waals surface area (Å²) in [6, 6.07) is 6.32. The molecule has 6 heteroatoms. The second kappa shape index (κ2) is 10.0. The number of ether oxygens (including phenoxy) is 1. The van der Waals surface area contributed by atoms with Gasteiger partial charge in [0.15, 0.2) is 0 Å². The Kier molecular flexibility index (Phi) is 7.18. The minimum atomic E-state index is 0.524. The summed E-state index contributed by atoms with van der Waals surface area (Å²) in [5.41, 5.74) is 2.15. The average Bonchev–Trinajstić information content (AvgIpc) is 2.74. The van der Waals surface area contributed by atoms with Crippen LogP contribution >= 0.6 is 0 Å². The number of methoxy groups -OCH3 is 1. The van der Waals surface area contributed by atoms with Crippen molar-refractivity contribution < 1.29 is 4.74 Å². The Morgan fingerprint density at radius 3 is 1.57 bits per heavy atom. The van der Waals surface area contributed by atoms with Crippen LogP contribution in [0.2, 0.25) is 0 Å². The molecule has 2 bridgehead atoms. The van der Waals surface area contributed by atoms with E-state index in [1.807, 2.05) is 0 Å². The molecular weight excluding hydrogens is 350 g/mol. The third kappa shape index (κ3) is 5.23. The molecule has 2 aliphatic carbocycles. The summed E-state index contributed by atoms with van der Waals surface area (Å²) in [5, 5.41) is 15.2. The molecule has 6 nitrogen and oxygen atoms in total. The van der Waals surface area contributed by atoms with E-state index in [1.165, 1.54) is 51.4 Å². The number of rotatable bonds is 1. The lowest BCUT2D eigenvalue weighted by atomic mass is 9.89. The lowest BCUT2D eigenvalue weighted by molar-refractivity contribution is 0.266. The zero-order valence-electron chi connectivity index (χ0n) is 17.3. The van der Waals surface area contributed by atoms with Crippen molar-refractivity contribution in [3.8, 4) is 5.75 Å². The van der Waals surface area contributed by atoms with E-state index in [1.54, 1.807) is 7.11 Å². The number of hydrogen-bond donors (Lipinski definition) is 4. The van der Waals surface area contributed by atoms with E-state index < -0.39 is 0 Å². The van der Waals surface area contributed by atoms with Gasteiger partial charge in [-0.2, -0.15) is 0 Å². The number of nitrogens with one attached hydrogen (secondary N) is 4. The maximum Gasteiger partial charge on any atom is 0.122 e. The van der Waals surface area contributed by atoms with Gasteiger partial charge in [-0.25, -0.2) is 0 Å². The predicted molar refractivity (Wildman–Crippen MR) is 113 cm³/mol. The topological polar surface area (TPSA) is 70.2 Å². The predicted octanol–water partition coefficient (Wildman–Crippen LogP) is 2.08. The third-order valence-corrected chi connectivity index (χ3v) is 6.70. The minimum absolute atomic E-state index is 0.524. The van der Waals surface area contributed by atoms with Crippen LogP contribution < -0.4 is 26.0 Å². The first-order valence-electron chi connectivity index (χ1n) is 11.3. The van der Waals surface area contributed by atoms with Crippen LogP contribution in [-0.2, 0) is 13.1 Å². The van der Waals surface area contributed by atoms with Crippen LogP contribution in [0.4, 0.5) is 0 Å². The van der Waals surface area contributed by atoms with E-state index in [0.29, 0.717) is 24.2 Å². The fourth-order valence-electron chi connectivity index (χ4n) is 5.14. The molecule has 4 N–H and O–H groups in total. The Labute approximate surface area is 169 Å². The van der Waals surface area contributed by atoms with E-state index in [4.69, 9.17) is 9.72 Å². The van der Waals surface area contributed by atoms with E-state index in [0.717, 1.165) is 43.3 Å². The van der Waals surface area contributed by atoms with Crippen molar-refractivity contribution in [1.82, 2.24) is 26.3 Å². The third-order valence-electron chi connectivity index (χ3n) is 6.70. The summed E-state index contributed by atoms with van der Waals surface area (Å²) < 4.78 is 5.55. The van der Waals surface area contributed by atoms with Crippen LogP contribution in [0.3, 0.4) is 0 Å². The Morgan fingerprint density at radius 2 is 1.14 bits per heavy atom. The molecule has 1 aromatic heterocycles. The number of pyridine rings is 1. The van der Waals surface area contributed by atoms with Crippen LogP contribution in [-0.4, -0.2) is 49.4 Å². The van der Waals surface area contributed by atoms with Gasteiger partial charge in [0, 0.05) is 62.5 Å². The lowest BCUT2D eigenvalue weighted by Crippen LogP contribution is -2.53. The Balaban J connectivity index is 1.52. The first kappa shape index (κ1) is 20.1. The quantitative estimate of drug-likeness (QED) is 0.592. The van der Waals surface area contributed by atoms with Gasteiger partial charge in [0.05, 0.1) is 18.5 Å². The van der Waals surface area contributed by atoms with E-state index in [-0.39, 0.29) is 0 Å². The number of hydrogen-bond acceptors (Lipinski definition) is 6. The van der Waals surface area contributed by atoms with Gasteiger partial charge in [-0.05, 0) is 25.7 Å². The molecule has 0 radical (unpaired) electrons. The first-order valence-corrected chi connectivity index (χ1v) is 11.3. The highest BCUT2D eigenvalue weighted by Gasteiger charge is 2.26. The fourth-order valence-corrected chi connectivity index (χ4v) is 5.14. The first-order chi connectivity index (χ1) is 13.8. The molecule has 1 aliphatic heterocycles. The van der Waals surface area contributed by atoms with E-state index >= 15 is 0 Å². The zero-order chi connectivity index (χ0) is 19.2. The van der Waals surface area contributed by atoms with Crippen molar-refractivity contribution in [2.24, 2.45) is 0 Å². The van der Waals surface area contributed by atoms with Crippen LogP contribution in [0.5, 0.6) is 5.75 Å². The van der Waals surface area contributed by atoms with Gasteiger partial charge in [-0.3, -0.25) is 4.98 Å². The van der Waals surface area contributed by atoms with Gasteiger partial charge >= 0.3 is 0 Å². The molecule has 4 rings (SSSR count). The largest absolute Gasteiger partial charge is 0.497 e. The zero-order valence-corrected chi connectivity index (χ0v) is 17.3. The van der Waals surface area contributed by atoms with Gasteiger partial charge < -0.3 is 26.0 Å². The number of fused-ring (bicyclic) bond motifs is 4. The van der Waals surface area contributed by atoms with Crippen molar-refractivity contribution in [3.63, 3.8) is 0 Å². The Bertz CT molecular complexity index is 577. The van der Waals surface area contributed by atoms with Crippen molar-refractivity contribution in [2.45, 2.75) is 88.6 Å². The maximum absolute atomic E-state index is 5.55. The van der Waals surface area contributed by atoms with Crippen LogP contribution in [0, 0.1) is 0 Å². The highest BCUT2D eigenvalue weighted by molar-refractivity contribution is 5.27. The summed E-state index contributed by atoms with van der Waals surface area (Å²) in [4.78, 5) is 4.92. The molecule has 4 atom stereocenters. The van der Waals surface area contributed by atoms with Gasteiger partial charge in [0.25, 0.3) is 0 Å². The molecule has 0 unspecified atom stereocenters. The molecule has 2 fully saturated rings. The Hall–Kier alpha value is -1.21. The molecule has 2 heterocycles. The number of aromatic nitrogens is 1. The van der Waals surface area contributed by atoms with Crippen molar-refractivity contribution >= 4 is 0 Å². The van der Waals surface area contributed by atoms with Crippen molar-refractivity contribution in [2.75, 3.05) is 20.2 Å². The molecule has 0 aromatic carbocycles. The highest BCUT2D eigenvalue weighted by Crippen LogP contribution is 2.22. The molecular formula is C22H37N5O. The van der Waals surface area contributed by atoms with Crippen LogP contribution in [0.25, 0.3) is 0 Å². The van der Waals surface area contributed by atoms with Gasteiger partial charge in [-0.15, -0.1) is 0 Å². The van der Waals surface area contributed by atoms with Gasteiger partial charge in [-0.1, -0.05) is 25.7 Å². The minimum Gasteiger partial charge on any atom is -0.497 e. The maximum atomic E-state index is 5.55. The standard InChI is InChI=1S/C22H37N5O/c1-28-18-12-16-14-25-21-8-4-2-6-19(21)23-10-11-24-20-7-3-5-9-22(20)26-15-17(13-18)27-16/h12-13,19-26H,2-11,14-15H2,1H3/t19-,20-,21-,22-/m1/s1. The molecule has 3 aliphatic rings. The Morgan fingerprint density at radius 1 is 0.714 bits per heavy atom. The summed E-state index contributed by atoms with van der Waals surface area (Å²) in [6.07, 6.45) is 10.3. The summed E-state index contributed by atoms with van der Waals surface area (Å²) >= 11 is 0. The molecule has 0 saturated heterocycles. The van der Waals surface area contributed by atoms with E-state index in [2.05, 4.69) is 33.4 Å². The second-order valence-corrected chi connectivity index (χ2v) is 8.65. The van der Waals surface area contributed by atoms with Crippen LogP contribution in [0.15, 0.2) is 12.1 Å². The van der Waals surface area contributed by atoms with Gasteiger partial charge in [0.2, 0.25) is 0 Å². The highest BCUT2D eigenvalue weighted by atomic mass is 16.5. The monoisotopic (exact) mass is 387 g/mol. The van der Waals surface area contributed by atoms with Crippen molar-refractivity contribution in [3.05, 3.63) is 23.5 Å². The smallest absolute Gasteiger partial charge is 0.122 e. The molecule has 0 spiro atoms. The molecule has 28 heavy (non-hydrogen) atoms. The lowest BCUT2D eigenvalue weighted by Gasteiger charge is -2.34. The van der Waals surface area contributed by atoms with Gasteiger partial charge in [0.1, 0.15) is 5.75 Å². The molecule has 1 aromatic rings. The van der Waals surface area contributed by atoms with Crippen LogP contribution in [0.1, 0.15) is 62.8 Å². The fraction of sp³-hybridized carbons (Fsp3) is 0.773.